The molecule has 3 aromatic rings. The monoisotopic (exact) mass is 378 g/mol. The summed E-state index contributed by atoms with van der Waals surface area (Å²) in [7, 11) is 0. The van der Waals surface area contributed by atoms with E-state index in [4.69, 9.17) is 4.74 Å². The molecule has 0 atom stereocenters. The Labute approximate surface area is 154 Å². The summed E-state index contributed by atoms with van der Waals surface area (Å²) < 4.78 is 49.6. The first kappa shape index (κ1) is 18.9. The fraction of sp³-hybridized carbons (Fsp3) is 0.316. The van der Waals surface area contributed by atoms with Gasteiger partial charge < -0.3 is 9.26 Å². The van der Waals surface area contributed by atoms with Crippen molar-refractivity contribution >= 4 is 0 Å². The van der Waals surface area contributed by atoms with Gasteiger partial charge in [-0.2, -0.15) is 18.2 Å². The van der Waals surface area contributed by atoms with Gasteiger partial charge in [-0.15, -0.1) is 0 Å². The van der Waals surface area contributed by atoms with Gasteiger partial charge >= 0.3 is 12.1 Å². The summed E-state index contributed by atoms with van der Waals surface area (Å²) in [6.45, 7) is 5.31. The lowest BCUT2D eigenvalue weighted by molar-refractivity contribution is -0.697. The van der Waals surface area contributed by atoms with Crippen LogP contribution in [0.5, 0.6) is 5.75 Å². The highest BCUT2D eigenvalue weighted by molar-refractivity contribution is 5.52. The van der Waals surface area contributed by atoms with Crippen LogP contribution in [-0.4, -0.2) is 16.7 Å². The number of alkyl halides is 3. The molecular formula is C19H19F3N3O2+. The molecule has 5 nitrogen and oxygen atoms in total. The number of hydrogen-bond donors (Lipinski definition) is 0. The molecule has 0 bridgehead atoms. The molecule has 0 N–H and O–H groups in total. The topological polar surface area (TPSA) is 52.0 Å². The van der Waals surface area contributed by atoms with Gasteiger partial charge in [-0.25, -0.2) is 4.57 Å². The Bertz CT molecular complexity index is 885. The van der Waals surface area contributed by atoms with Crippen molar-refractivity contribution in [3.63, 3.8) is 0 Å². The average Bonchev–Trinajstić information content (AvgIpc) is 3.12. The standard InChI is InChI=1S/C19H19F3N3O2/c1-13-5-3-6-14(2)16(13)26-12-4-9-25-10-7-15(8-11-25)17-23-18(27-24-17)19(20,21)22/h3,5-8,10-11H,4,9,12H2,1-2H3/q+1. The number of para-hydroxylation sites is 1. The first-order valence-corrected chi connectivity index (χ1v) is 8.44. The van der Waals surface area contributed by atoms with Crippen molar-refractivity contribution in [2.24, 2.45) is 0 Å². The van der Waals surface area contributed by atoms with E-state index in [0.29, 0.717) is 18.7 Å². The molecule has 2 aromatic heterocycles. The Morgan fingerprint density at radius 1 is 1.07 bits per heavy atom. The van der Waals surface area contributed by atoms with E-state index in [0.717, 1.165) is 23.3 Å². The Morgan fingerprint density at radius 3 is 2.33 bits per heavy atom. The highest BCUT2D eigenvalue weighted by Crippen LogP contribution is 2.29. The average molecular weight is 378 g/mol. The minimum atomic E-state index is -4.64. The summed E-state index contributed by atoms with van der Waals surface area (Å²) >= 11 is 0. The van der Waals surface area contributed by atoms with Gasteiger partial charge in [0, 0.05) is 24.1 Å². The first-order valence-electron chi connectivity index (χ1n) is 8.44. The zero-order valence-corrected chi connectivity index (χ0v) is 15.0. The third-order valence-corrected chi connectivity index (χ3v) is 4.03. The summed E-state index contributed by atoms with van der Waals surface area (Å²) in [5.41, 5.74) is 2.66. The summed E-state index contributed by atoms with van der Waals surface area (Å²) in [5.74, 6) is -0.527. The van der Waals surface area contributed by atoms with E-state index in [1.54, 1.807) is 24.5 Å². The smallest absolute Gasteiger partial charge is 0.471 e. The van der Waals surface area contributed by atoms with Gasteiger partial charge in [0.2, 0.25) is 5.82 Å². The molecule has 0 fully saturated rings. The molecule has 2 heterocycles. The number of aryl methyl sites for hydroxylation is 3. The maximum absolute atomic E-state index is 12.5. The molecule has 0 saturated heterocycles. The Kier molecular flexibility index (Phi) is 5.43. The molecule has 0 aliphatic rings. The quantitative estimate of drug-likeness (QED) is 0.478. The first-order chi connectivity index (χ1) is 12.8. The third-order valence-electron chi connectivity index (χ3n) is 4.03. The van der Waals surface area contributed by atoms with Crippen LogP contribution >= 0.6 is 0 Å². The predicted molar refractivity (Wildman–Crippen MR) is 91.0 cm³/mol. The number of ether oxygens (including phenoxy) is 1. The highest BCUT2D eigenvalue weighted by atomic mass is 19.4. The number of rotatable bonds is 6. The van der Waals surface area contributed by atoms with E-state index in [1.807, 2.05) is 36.6 Å². The number of aromatic nitrogens is 3. The van der Waals surface area contributed by atoms with Gasteiger partial charge in [-0.3, -0.25) is 0 Å². The second-order valence-corrected chi connectivity index (χ2v) is 6.17. The van der Waals surface area contributed by atoms with Crippen LogP contribution in [0.1, 0.15) is 23.4 Å². The molecule has 3 rings (SSSR count). The number of hydrogen-bond acceptors (Lipinski definition) is 4. The fourth-order valence-corrected chi connectivity index (χ4v) is 2.66. The van der Waals surface area contributed by atoms with Gasteiger partial charge in [0.25, 0.3) is 0 Å². The lowest BCUT2D eigenvalue weighted by Crippen LogP contribution is -2.33. The van der Waals surface area contributed by atoms with Crippen LogP contribution in [0.4, 0.5) is 13.2 Å². The maximum atomic E-state index is 12.5. The largest absolute Gasteiger partial charge is 0.493 e. The second kappa shape index (κ2) is 7.77. The van der Waals surface area contributed by atoms with Gasteiger partial charge in [0.05, 0.1) is 6.61 Å². The van der Waals surface area contributed by atoms with Crippen LogP contribution in [-0.2, 0) is 12.7 Å². The summed E-state index contributed by atoms with van der Waals surface area (Å²) in [6.07, 6.45) is -0.330. The van der Waals surface area contributed by atoms with Crippen LogP contribution in [0.2, 0.25) is 0 Å². The van der Waals surface area contributed by atoms with Crippen molar-refractivity contribution in [1.29, 1.82) is 0 Å². The van der Waals surface area contributed by atoms with Crippen LogP contribution in [0.25, 0.3) is 11.4 Å². The van der Waals surface area contributed by atoms with Gasteiger partial charge in [-0.1, -0.05) is 23.4 Å². The van der Waals surface area contributed by atoms with Gasteiger partial charge in [0.15, 0.2) is 18.9 Å². The Hall–Kier alpha value is -2.90. The summed E-state index contributed by atoms with van der Waals surface area (Å²) in [5, 5.41) is 3.37. The van der Waals surface area contributed by atoms with Crippen molar-refractivity contribution in [2.75, 3.05) is 6.61 Å². The van der Waals surface area contributed by atoms with Crippen molar-refractivity contribution in [3.05, 3.63) is 59.7 Å². The van der Waals surface area contributed by atoms with E-state index >= 15 is 0 Å². The molecule has 0 unspecified atom stereocenters. The minimum Gasteiger partial charge on any atom is -0.493 e. The van der Waals surface area contributed by atoms with Crippen molar-refractivity contribution in [1.82, 2.24) is 10.1 Å². The van der Waals surface area contributed by atoms with E-state index in [9.17, 15) is 13.2 Å². The molecule has 8 heteroatoms. The number of nitrogens with zero attached hydrogens (tertiary/aromatic N) is 3. The molecule has 0 saturated carbocycles. The predicted octanol–water partition coefficient (Wildman–Crippen LogP) is 4.13. The van der Waals surface area contributed by atoms with Crippen molar-refractivity contribution in [2.45, 2.75) is 33.0 Å². The maximum Gasteiger partial charge on any atom is 0.471 e. The highest BCUT2D eigenvalue weighted by Gasteiger charge is 2.38. The second-order valence-electron chi connectivity index (χ2n) is 6.17. The molecule has 0 aliphatic heterocycles. The molecule has 142 valence electrons. The van der Waals surface area contributed by atoms with Crippen LogP contribution in [0, 0.1) is 13.8 Å². The molecule has 1 aromatic carbocycles. The van der Waals surface area contributed by atoms with E-state index in [-0.39, 0.29) is 5.82 Å². The molecule has 27 heavy (non-hydrogen) atoms. The Morgan fingerprint density at radius 2 is 1.74 bits per heavy atom. The lowest BCUT2D eigenvalue weighted by atomic mass is 10.1. The van der Waals surface area contributed by atoms with Gasteiger partial charge in [-0.05, 0) is 25.0 Å². The number of pyridine rings is 1. The van der Waals surface area contributed by atoms with E-state index < -0.39 is 12.1 Å². The molecular weight excluding hydrogens is 359 g/mol. The van der Waals surface area contributed by atoms with Crippen molar-refractivity contribution < 1.29 is 27.0 Å². The fourth-order valence-electron chi connectivity index (χ4n) is 2.66. The third kappa shape index (κ3) is 4.64. The molecule has 0 spiro atoms. The lowest BCUT2D eigenvalue weighted by Gasteiger charge is -2.10. The van der Waals surface area contributed by atoms with E-state index in [1.165, 1.54) is 0 Å². The summed E-state index contributed by atoms with van der Waals surface area (Å²) in [6, 6.07) is 9.32. The van der Waals surface area contributed by atoms with Crippen molar-refractivity contribution in [3.8, 4) is 17.1 Å². The zero-order valence-electron chi connectivity index (χ0n) is 15.0. The minimum absolute atomic E-state index is 0.0900. The molecule has 0 aliphatic carbocycles. The van der Waals surface area contributed by atoms with E-state index in [2.05, 4.69) is 14.7 Å². The normalized spacial score (nSPS) is 11.6. The summed E-state index contributed by atoms with van der Waals surface area (Å²) in [4.78, 5) is 3.37. The van der Waals surface area contributed by atoms with Crippen LogP contribution in [0.3, 0.4) is 0 Å². The van der Waals surface area contributed by atoms with Gasteiger partial charge in [0.1, 0.15) is 5.75 Å². The molecule has 0 radical (unpaired) electrons. The van der Waals surface area contributed by atoms with Crippen LogP contribution in [0.15, 0.2) is 47.2 Å². The van der Waals surface area contributed by atoms with Crippen LogP contribution < -0.4 is 9.30 Å². The number of halogens is 3. The number of benzene rings is 1. The zero-order chi connectivity index (χ0) is 19.4. The molecule has 0 amide bonds. The Balaban J connectivity index is 1.54. The SMILES string of the molecule is Cc1cccc(C)c1OCCC[n+]1ccc(-c2noc(C(F)(F)F)n2)cc1.